The van der Waals surface area contributed by atoms with E-state index in [1.54, 1.807) is 11.3 Å². The van der Waals surface area contributed by atoms with Crippen molar-refractivity contribution in [3.05, 3.63) is 51.9 Å². The molecule has 3 aromatic heterocycles. The van der Waals surface area contributed by atoms with Crippen molar-refractivity contribution < 1.29 is 0 Å². The maximum atomic E-state index is 7.29. The molecule has 104 valence electrons. The summed E-state index contributed by atoms with van der Waals surface area (Å²) in [5, 5.41) is 12.2. The van der Waals surface area contributed by atoms with E-state index in [1.165, 1.54) is 0 Å². The molecule has 0 saturated carbocycles. The summed E-state index contributed by atoms with van der Waals surface area (Å²) >= 11 is 7.69. The Kier molecular flexibility index (Phi) is 3.60. The lowest BCUT2D eigenvalue weighted by atomic mass is 10.2. The van der Waals surface area contributed by atoms with Crippen LogP contribution in [-0.4, -0.2) is 15.2 Å². The molecule has 3 rings (SSSR count). The van der Waals surface area contributed by atoms with Crippen molar-refractivity contribution >= 4 is 40.3 Å². The highest BCUT2D eigenvalue weighted by Crippen LogP contribution is 2.39. The number of hydrogen-bond acceptors (Lipinski definition) is 4. The van der Waals surface area contributed by atoms with Gasteiger partial charge in [-0.15, -0.1) is 11.3 Å². The Morgan fingerprint density at radius 3 is 2.86 bits per heavy atom. The van der Waals surface area contributed by atoms with E-state index in [4.69, 9.17) is 18.2 Å². The van der Waals surface area contributed by atoms with Crippen LogP contribution in [0.15, 0.2) is 29.6 Å². The third-order valence-corrected chi connectivity index (χ3v) is 3.98. The third kappa shape index (κ3) is 2.75. The molecule has 0 radical (unpaired) electrons. The summed E-state index contributed by atoms with van der Waals surface area (Å²) in [6, 6.07) is 7.57. The summed E-state index contributed by atoms with van der Waals surface area (Å²) in [4.78, 5) is 8.68. The molecule has 3 aromatic rings. The molecule has 7 heteroatoms. The van der Waals surface area contributed by atoms with Crippen molar-refractivity contribution in [3.8, 4) is 10.4 Å². The second-order valence-corrected chi connectivity index (χ2v) is 5.65. The SMILES string of the molecule is [C-]#[N+]c1c(-c2cccs2)cc(Nc2cc(C)[nH]n2)nc1Cl. The summed E-state index contributed by atoms with van der Waals surface area (Å²) in [6.45, 7) is 9.20. The van der Waals surface area contributed by atoms with Crippen LogP contribution in [0, 0.1) is 13.5 Å². The van der Waals surface area contributed by atoms with Gasteiger partial charge >= 0.3 is 0 Å². The van der Waals surface area contributed by atoms with Crippen molar-refractivity contribution in [2.24, 2.45) is 0 Å². The molecule has 3 heterocycles. The van der Waals surface area contributed by atoms with E-state index in [2.05, 4.69) is 25.3 Å². The normalized spacial score (nSPS) is 10.3. The number of aromatic amines is 1. The zero-order valence-electron chi connectivity index (χ0n) is 11.0. The first kappa shape index (κ1) is 13.6. The van der Waals surface area contributed by atoms with E-state index < -0.39 is 0 Å². The molecule has 0 aliphatic carbocycles. The zero-order chi connectivity index (χ0) is 14.8. The van der Waals surface area contributed by atoms with Crippen LogP contribution in [0.25, 0.3) is 15.3 Å². The smallest absolute Gasteiger partial charge is 0.232 e. The fourth-order valence-corrected chi connectivity index (χ4v) is 2.89. The predicted molar refractivity (Wildman–Crippen MR) is 85.4 cm³/mol. The Morgan fingerprint density at radius 1 is 1.38 bits per heavy atom. The van der Waals surface area contributed by atoms with Crippen LogP contribution in [0.3, 0.4) is 0 Å². The summed E-state index contributed by atoms with van der Waals surface area (Å²) in [6.07, 6.45) is 0. The first-order valence-corrected chi connectivity index (χ1v) is 7.34. The van der Waals surface area contributed by atoms with Crippen LogP contribution < -0.4 is 5.32 Å². The Labute approximate surface area is 130 Å². The van der Waals surface area contributed by atoms with Gasteiger partial charge in [0.1, 0.15) is 11.0 Å². The summed E-state index contributed by atoms with van der Waals surface area (Å²) in [5.74, 6) is 1.21. The highest BCUT2D eigenvalue weighted by atomic mass is 35.5. The summed E-state index contributed by atoms with van der Waals surface area (Å²) in [5.41, 5.74) is 2.08. The summed E-state index contributed by atoms with van der Waals surface area (Å²) in [7, 11) is 0. The van der Waals surface area contributed by atoms with Crippen molar-refractivity contribution in [3.63, 3.8) is 0 Å². The Balaban J connectivity index is 2.05. The van der Waals surface area contributed by atoms with Crippen LogP contribution >= 0.6 is 22.9 Å². The van der Waals surface area contributed by atoms with E-state index in [1.807, 2.05) is 36.6 Å². The average Bonchev–Trinajstić information content (AvgIpc) is 3.10. The van der Waals surface area contributed by atoms with Gasteiger partial charge in [0.2, 0.25) is 5.69 Å². The largest absolute Gasteiger partial charge is 0.323 e. The molecule has 0 aliphatic heterocycles. The lowest BCUT2D eigenvalue weighted by Crippen LogP contribution is -1.95. The highest BCUT2D eigenvalue weighted by Gasteiger charge is 2.14. The number of aryl methyl sites for hydroxylation is 1. The molecule has 0 amide bonds. The third-order valence-electron chi connectivity index (χ3n) is 2.81. The minimum atomic E-state index is 0.186. The second-order valence-electron chi connectivity index (χ2n) is 4.34. The molecular weight excluding hydrogens is 306 g/mol. The van der Waals surface area contributed by atoms with Crippen molar-refractivity contribution in [2.75, 3.05) is 5.32 Å². The number of nitrogens with zero attached hydrogens (tertiary/aromatic N) is 3. The first-order valence-electron chi connectivity index (χ1n) is 6.08. The Bertz CT molecular complexity index is 817. The molecule has 0 bridgehead atoms. The molecule has 0 fully saturated rings. The van der Waals surface area contributed by atoms with E-state index >= 15 is 0 Å². The Hall–Kier alpha value is -2.36. The molecule has 21 heavy (non-hydrogen) atoms. The number of rotatable bonds is 3. The van der Waals surface area contributed by atoms with E-state index in [-0.39, 0.29) is 5.15 Å². The molecule has 0 atom stereocenters. The van der Waals surface area contributed by atoms with Gasteiger partial charge in [-0.2, -0.15) is 5.10 Å². The highest BCUT2D eigenvalue weighted by molar-refractivity contribution is 7.13. The number of pyridine rings is 1. The topological polar surface area (TPSA) is 58.0 Å². The van der Waals surface area contributed by atoms with Gasteiger partial charge in [0.15, 0.2) is 5.82 Å². The second kappa shape index (κ2) is 5.56. The first-order chi connectivity index (χ1) is 10.2. The van der Waals surface area contributed by atoms with Gasteiger partial charge in [0, 0.05) is 22.2 Å². The molecular formula is C14H10ClN5S. The van der Waals surface area contributed by atoms with Gasteiger partial charge in [0.25, 0.3) is 0 Å². The van der Waals surface area contributed by atoms with Crippen molar-refractivity contribution in [1.29, 1.82) is 0 Å². The molecule has 5 nitrogen and oxygen atoms in total. The van der Waals surface area contributed by atoms with Gasteiger partial charge < -0.3 is 5.32 Å². The van der Waals surface area contributed by atoms with Crippen molar-refractivity contribution in [1.82, 2.24) is 15.2 Å². The fraction of sp³-hybridized carbons (Fsp3) is 0.0714. The lowest BCUT2D eigenvalue weighted by molar-refractivity contribution is 1.05. The fourth-order valence-electron chi connectivity index (χ4n) is 1.91. The maximum absolute atomic E-state index is 7.29. The number of nitrogens with one attached hydrogen (secondary N) is 2. The van der Waals surface area contributed by atoms with Gasteiger partial charge in [-0.1, -0.05) is 17.7 Å². The lowest BCUT2D eigenvalue weighted by Gasteiger charge is -2.08. The van der Waals surface area contributed by atoms with Gasteiger partial charge in [-0.05, 0) is 24.4 Å². The zero-order valence-corrected chi connectivity index (χ0v) is 12.6. The van der Waals surface area contributed by atoms with Gasteiger partial charge in [-0.3, -0.25) is 5.10 Å². The average molecular weight is 316 g/mol. The maximum Gasteiger partial charge on any atom is 0.232 e. The minimum Gasteiger partial charge on any atom is -0.323 e. The summed E-state index contributed by atoms with van der Waals surface area (Å²) < 4.78 is 0. The van der Waals surface area contributed by atoms with Crippen LogP contribution in [0.2, 0.25) is 5.15 Å². The standard InChI is InChI=1S/C14H10ClN5S/c1-8-6-12(20-19-8)17-11-7-9(10-4-3-5-21-10)13(16-2)14(15)18-11/h3-7H,1H3,(H2,17,18,19,20). The number of halogens is 1. The molecule has 0 aliphatic rings. The predicted octanol–water partition coefficient (Wildman–Crippen LogP) is 4.79. The number of hydrogen-bond donors (Lipinski definition) is 2. The minimum absolute atomic E-state index is 0.186. The molecule has 0 unspecified atom stereocenters. The molecule has 2 N–H and O–H groups in total. The van der Waals surface area contributed by atoms with Gasteiger partial charge in [0.05, 0.1) is 6.57 Å². The molecule has 0 saturated heterocycles. The van der Waals surface area contributed by atoms with Crippen LogP contribution in [0.5, 0.6) is 0 Å². The quantitative estimate of drug-likeness (QED) is 0.539. The monoisotopic (exact) mass is 315 g/mol. The van der Waals surface area contributed by atoms with Crippen LogP contribution in [-0.2, 0) is 0 Å². The van der Waals surface area contributed by atoms with E-state index in [0.29, 0.717) is 17.3 Å². The number of anilines is 2. The molecule has 0 aromatic carbocycles. The van der Waals surface area contributed by atoms with Crippen molar-refractivity contribution in [2.45, 2.75) is 6.92 Å². The molecule has 0 spiro atoms. The van der Waals surface area contributed by atoms with Crippen LogP contribution in [0.4, 0.5) is 17.3 Å². The van der Waals surface area contributed by atoms with E-state index in [0.717, 1.165) is 16.1 Å². The Morgan fingerprint density at radius 2 is 2.24 bits per heavy atom. The number of thiophene rings is 1. The van der Waals surface area contributed by atoms with Gasteiger partial charge in [-0.25, -0.2) is 9.83 Å². The number of aromatic nitrogens is 3. The number of H-pyrrole nitrogens is 1. The van der Waals surface area contributed by atoms with E-state index in [9.17, 15) is 0 Å². The van der Waals surface area contributed by atoms with Crippen LogP contribution in [0.1, 0.15) is 5.69 Å².